The predicted octanol–water partition coefficient (Wildman–Crippen LogP) is 3.26. The Bertz CT molecular complexity index is 529. The molecule has 4 heteroatoms. The van der Waals surface area contributed by atoms with Gasteiger partial charge in [0.15, 0.2) is 0 Å². The van der Waals surface area contributed by atoms with E-state index < -0.39 is 0 Å². The first kappa shape index (κ1) is 12.0. The average molecular weight is 251 g/mol. The van der Waals surface area contributed by atoms with E-state index >= 15 is 0 Å². The van der Waals surface area contributed by atoms with Gasteiger partial charge in [-0.2, -0.15) is 0 Å². The number of aromatic nitrogens is 1. The molecule has 2 aromatic rings. The summed E-state index contributed by atoms with van der Waals surface area (Å²) in [6.07, 6.45) is 2.74. The molecule has 1 aromatic carbocycles. The Kier molecular flexibility index (Phi) is 3.71. The predicted molar refractivity (Wildman–Crippen MR) is 67.4 cm³/mol. The van der Waals surface area contributed by atoms with Gasteiger partial charge in [-0.1, -0.05) is 23.7 Å². The fraction of sp³-hybridized carbons (Fsp3) is 0.154. The van der Waals surface area contributed by atoms with Crippen LogP contribution in [0, 0.1) is 5.82 Å². The van der Waals surface area contributed by atoms with E-state index in [2.05, 4.69) is 10.3 Å². The Hall–Kier alpha value is -1.45. The van der Waals surface area contributed by atoms with Crippen LogP contribution < -0.4 is 5.32 Å². The van der Waals surface area contributed by atoms with Gasteiger partial charge < -0.3 is 5.32 Å². The first-order valence-corrected chi connectivity index (χ1v) is 5.63. The molecule has 2 rings (SSSR count). The second-order valence-corrected chi connectivity index (χ2v) is 4.11. The normalized spacial score (nSPS) is 10.5. The van der Waals surface area contributed by atoms with E-state index in [1.165, 1.54) is 6.20 Å². The van der Waals surface area contributed by atoms with Gasteiger partial charge in [-0.15, -0.1) is 0 Å². The zero-order valence-corrected chi connectivity index (χ0v) is 10.1. The summed E-state index contributed by atoms with van der Waals surface area (Å²) in [6.45, 7) is 0.735. The molecule has 0 unspecified atom stereocenters. The van der Waals surface area contributed by atoms with E-state index in [1.807, 2.05) is 25.2 Å². The Morgan fingerprint density at radius 3 is 2.76 bits per heavy atom. The molecule has 0 aliphatic rings. The second kappa shape index (κ2) is 5.25. The van der Waals surface area contributed by atoms with Crippen LogP contribution in [0.3, 0.4) is 0 Å². The van der Waals surface area contributed by atoms with Crippen LogP contribution >= 0.6 is 11.6 Å². The van der Waals surface area contributed by atoms with E-state index in [4.69, 9.17) is 11.6 Å². The van der Waals surface area contributed by atoms with Gasteiger partial charge in [-0.3, -0.25) is 4.98 Å². The van der Waals surface area contributed by atoms with Gasteiger partial charge in [-0.05, 0) is 24.7 Å². The van der Waals surface area contributed by atoms with Crippen molar-refractivity contribution in [3.8, 4) is 11.1 Å². The molecule has 0 fully saturated rings. The van der Waals surface area contributed by atoms with E-state index in [-0.39, 0.29) is 5.82 Å². The third-order valence-electron chi connectivity index (χ3n) is 2.48. The minimum Gasteiger partial charge on any atom is -0.316 e. The molecule has 0 aliphatic heterocycles. The van der Waals surface area contributed by atoms with Crippen LogP contribution in [-0.4, -0.2) is 12.0 Å². The van der Waals surface area contributed by atoms with Crippen molar-refractivity contribution in [3.63, 3.8) is 0 Å². The number of halogens is 2. The first-order chi connectivity index (χ1) is 8.22. The maximum absolute atomic E-state index is 13.6. The van der Waals surface area contributed by atoms with Crippen LogP contribution in [0.2, 0.25) is 5.02 Å². The molecule has 0 atom stereocenters. The molecule has 1 N–H and O–H groups in total. The molecule has 88 valence electrons. The average Bonchev–Trinajstić information content (AvgIpc) is 2.31. The summed E-state index contributed by atoms with van der Waals surface area (Å²) in [7, 11) is 1.87. The van der Waals surface area contributed by atoms with Crippen molar-refractivity contribution in [2.24, 2.45) is 0 Å². The first-order valence-electron chi connectivity index (χ1n) is 5.25. The van der Waals surface area contributed by atoms with Crippen molar-refractivity contribution >= 4 is 11.6 Å². The fourth-order valence-corrected chi connectivity index (χ4v) is 1.99. The SMILES string of the molecule is CNCc1ccc(-c2ccncc2F)c(Cl)c1. The Morgan fingerprint density at radius 1 is 1.29 bits per heavy atom. The van der Waals surface area contributed by atoms with Crippen molar-refractivity contribution in [3.05, 3.63) is 53.1 Å². The molecule has 0 spiro atoms. The number of nitrogens with one attached hydrogen (secondary N) is 1. The van der Waals surface area contributed by atoms with E-state index in [9.17, 15) is 4.39 Å². The molecule has 0 saturated heterocycles. The van der Waals surface area contributed by atoms with Gasteiger partial charge in [0.2, 0.25) is 0 Å². The zero-order chi connectivity index (χ0) is 12.3. The third kappa shape index (κ3) is 2.62. The lowest BCUT2D eigenvalue weighted by molar-refractivity contribution is 0.625. The van der Waals surface area contributed by atoms with Gasteiger partial charge in [0.1, 0.15) is 5.82 Å². The summed E-state index contributed by atoms with van der Waals surface area (Å²) >= 11 is 6.16. The zero-order valence-electron chi connectivity index (χ0n) is 9.37. The highest BCUT2D eigenvalue weighted by Crippen LogP contribution is 2.30. The highest BCUT2D eigenvalue weighted by atomic mass is 35.5. The molecule has 0 amide bonds. The van der Waals surface area contributed by atoms with Gasteiger partial charge in [0.05, 0.1) is 6.20 Å². The van der Waals surface area contributed by atoms with Crippen molar-refractivity contribution in [1.82, 2.24) is 10.3 Å². The monoisotopic (exact) mass is 250 g/mol. The number of hydrogen-bond donors (Lipinski definition) is 1. The fourth-order valence-electron chi connectivity index (χ4n) is 1.68. The summed E-state index contributed by atoms with van der Waals surface area (Å²) < 4.78 is 13.6. The van der Waals surface area contributed by atoms with Gasteiger partial charge in [0, 0.05) is 28.9 Å². The van der Waals surface area contributed by atoms with Crippen LogP contribution in [0.5, 0.6) is 0 Å². The third-order valence-corrected chi connectivity index (χ3v) is 2.79. The Balaban J connectivity index is 2.44. The summed E-state index contributed by atoms with van der Waals surface area (Å²) in [6, 6.07) is 7.21. The summed E-state index contributed by atoms with van der Waals surface area (Å²) in [4.78, 5) is 3.72. The number of hydrogen-bond acceptors (Lipinski definition) is 2. The molecular weight excluding hydrogens is 239 g/mol. The molecule has 0 aliphatic carbocycles. The van der Waals surface area contributed by atoms with E-state index in [0.29, 0.717) is 16.1 Å². The number of nitrogens with zero attached hydrogens (tertiary/aromatic N) is 1. The molecule has 2 nitrogen and oxygen atoms in total. The quantitative estimate of drug-likeness (QED) is 0.905. The molecule has 1 aromatic heterocycles. The van der Waals surface area contributed by atoms with Crippen molar-refractivity contribution in [2.45, 2.75) is 6.54 Å². The minimum atomic E-state index is -0.365. The maximum atomic E-state index is 13.6. The molecule has 17 heavy (non-hydrogen) atoms. The topological polar surface area (TPSA) is 24.9 Å². The van der Waals surface area contributed by atoms with Crippen molar-refractivity contribution in [2.75, 3.05) is 7.05 Å². The van der Waals surface area contributed by atoms with Gasteiger partial charge in [-0.25, -0.2) is 4.39 Å². The van der Waals surface area contributed by atoms with Crippen LogP contribution in [0.25, 0.3) is 11.1 Å². The van der Waals surface area contributed by atoms with Crippen LogP contribution in [0.4, 0.5) is 4.39 Å². The van der Waals surface area contributed by atoms with Crippen molar-refractivity contribution < 1.29 is 4.39 Å². The lowest BCUT2D eigenvalue weighted by Crippen LogP contribution is -2.04. The lowest BCUT2D eigenvalue weighted by Gasteiger charge is -2.07. The summed E-state index contributed by atoms with van der Waals surface area (Å²) in [5.41, 5.74) is 2.23. The number of benzene rings is 1. The van der Waals surface area contributed by atoms with Crippen LogP contribution in [0.1, 0.15) is 5.56 Å². The van der Waals surface area contributed by atoms with E-state index in [0.717, 1.165) is 12.1 Å². The Morgan fingerprint density at radius 2 is 2.12 bits per heavy atom. The smallest absolute Gasteiger partial charge is 0.149 e. The molecule has 0 radical (unpaired) electrons. The van der Waals surface area contributed by atoms with Crippen molar-refractivity contribution in [1.29, 1.82) is 0 Å². The highest BCUT2D eigenvalue weighted by Gasteiger charge is 2.08. The molecule has 0 saturated carbocycles. The van der Waals surface area contributed by atoms with Gasteiger partial charge >= 0.3 is 0 Å². The van der Waals surface area contributed by atoms with Gasteiger partial charge in [0.25, 0.3) is 0 Å². The van der Waals surface area contributed by atoms with Crippen LogP contribution in [0.15, 0.2) is 36.7 Å². The Labute approximate surface area is 104 Å². The largest absolute Gasteiger partial charge is 0.316 e. The van der Waals surface area contributed by atoms with Crippen LogP contribution in [-0.2, 0) is 6.54 Å². The molecule has 1 heterocycles. The second-order valence-electron chi connectivity index (χ2n) is 3.70. The summed E-state index contributed by atoms with van der Waals surface area (Å²) in [5.74, 6) is -0.365. The molecular formula is C13H12ClFN2. The molecule has 0 bridgehead atoms. The number of pyridine rings is 1. The van der Waals surface area contributed by atoms with E-state index in [1.54, 1.807) is 12.3 Å². The summed E-state index contributed by atoms with van der Waals surface area (Å²) in [5, 5.41) is 3.58. The highest BCUT2D eigenvalue weighted by molar-refractivity contribution is 6.33. The lowest BCUT2D eigenvalue weighted by atomic mass is 10.0. The standard InChI is InChI=1S/C13H12ClFN2/c1-16-7-9-2-3-10(12(14)6-9)11-4-5-17-8-13(11)15/h2-6,8,16H,7H2,1H3. The number of rotatable bonds is 3. The maximum Gasteiger partial charge on any atom is 0.149 e. The minimum absolute atomic E-state index is 0.365.